The lowest BCUT2D eigenvalue weighted by Gasteiger charge is -2.14. The Labute approximate surface area is 82.9 Å². The molecule has 0 unspecified atom stereocenters. The number of ketones is 1. The predicted octanol–water partition coefficient (Wildman–Crippen LogP) is 2.38. The highest BCUT2D eigenvalue weighted by molar-refractivity contribution is 6.15. The molecule has 3 nitrogen and oxygen atoms in total. The number of pyridine rings is 1. The van der Waals surface area contributed by atoms with E-state index in [4.69, 9.17) is 0 Å². The van der Waals surface area contributed by atoms with Gasteiger partial charge in [0.1, 0.15) is 0 Å². The van der Waals surface area contributed by atoms with Crippen molar-refractivity contribution >= 4 is 17.3 Å². The second kappa shape index (κ2) is 3.01. The smallest absolute Gasteiger partial charge is 0.172 e. The number of aromatic nitrogens is 1. The SMILES string of the molecule is CC1=Nc2nc(C)cc(C)c2C(=O)C1. The van der Waals surface area contributed by atoms with Gasteiger partial charge in [0.05, 0.1) is 5.56 Å². The van der Waals surface area contributed by atoms with Gasteiger partial charge in [-0.3, -0.25) is 4.79 Å². The van der Waals surface area contributed by atoms with Crippen LogP contribution in [0.2, 0.25) is 0 Å². The Hall–Kier alpha value is -1.51. The summed E-state index contributed by atoms with van der Waals surface area (Å²) < 4.78 is 0. The van der Waals surface area contributed by atoms with Crippen molar-refractivity contribution in [1.29, 1.82) is 0 Å². The van der Waals surface area contributed by atoms with Crippen LogP contribution in [0.1, 0.15) is 35.0 Å². The summed E-state index contributed by atoms with van der Waals surface area (Å²) in [6.07, 6.45) is 0.429. The van der Waals surface area contributed by atoms with Crippen molar-refractivity contribution in [3.8, 4) is 0 Å². The topological polar surface area (TPSA) is 42.3 Å². The highest BCUT2D eigenvalue weighted by atomic mass is 16.1. The van der Waals surface area contributed by atoms with E-state index in [1.165, 1.54) is 0 Å². The van der Waals surface area contributed by atoms with E-state index in [1.54, 1.807) is 0 Å². The number of carbonyl (C=O) groups is 1. The van der Waals surface area contributed by atoms with Crippen LogP contribution in [-0.4, -0.2) is 16.5 Å². The van der Waals surface area contributed by atoms with Crippen LogP contribution in [-0.2, 0) is 0 Å². The van der Waals surface area contributed by atoms with Crippen LogP contribution in [0.15, 0.2) is 11.1 Å². The van der Waals surface area contributed by atoms with Gasteiger partial charge in [-0.15, -0.1) is 0 Å². The lowest BCUT2D eigenvalue weighted by molar-refractivity contribution is 0.0999. The van der Waals surface area contributed by atoms with Gasteiger partial charge in [-0.25, -0.2) is 9.98 Å². The predicted molar refractivity (Wildman–Crippen MR) is 55.4 cm³/mol. The molecule has 0 fully saturated rings. The summed E-state index contributed by atoms with van der Waals surface area (Å²) in [6.45, 7) is 5.71. The van der Waals surface area contributed by atoms with E-state index in [2.05, 4.69) is 9.98 Å². The van der Waals surface area contributed by atoms with Gasteiger partial charge in [-0.2, -0.15) is 0 Å². The average molecular weight is 188 g/mol. The molecule has 0 saturated heterocycles. The van der Waals surface area contributed by atoms with Gasteiger partial charge in [0.2, 0.25) is 0 Å². The first-order valence-electron chi connectivity index (χ1n) is 4.63. The number of fused-ring (bicyclic) bond motifs is 1. The lowest BCUT2D eigenvalue weighted by Crippen LogP contribution is -2.13. The summed E-state index contributed by atoms with van der Waals surface area (Å²) in [6, 6.07) is 1.92. The minimum Gasteiger partial charge on any atom is -0.294 e. The molecule has 0 aromatic carbocycles. The van der Waals surface area contributed by atoms with Crippen LogP contribution in [0.4, 0.5) is 5.82 Å². The Morgan fingerprint density at radius 3 is 2.71 bits per heavy atom. The van der Waals surface area contributed by atoms with Gasteiger partial charge in [-0.05, 0) is 32.4 Å². The molecule has 0 saturated carbocycles. The van der Waals surface area contributed by atoms with Crippen molar-refractivity contribution in [3.63, 3.8) is 0 Å². The largest absolute Gasteiger partial charge is 0.294 e. The minimum atomic E-state index is 0.137. The normalized spacial score (nSPS) is 15.1. The monoisotopic (exact) mass is 188 g/mol. The summed E-state index contributed by atoms with van der Waals surface area (Å²) in [7, 11) is 0. The van der Waals surface area contributed by atoms with E-state index in [-0.39, 0.29) is 5.78 Å². The molecule has 2 rings (SSSR count). The third kappa shape index (κ3) is 1.35. The van der Waals surface area contributed by atoms with E-state index in [0.717, 1.165) is 17.0 Å². The zero-order valence-electron chi connectivity index (χ0n) is 8.59. The van der Waals surface area contributed by atoms with E-state index in [0.29, 0.717) is 17.8 Å². The summed E-state index contributed by atoms with van der Waals surface area (Å²) >= 11 is 0. The van der Waals surface area contributed by atoms with Gasteiger partial charge in [0.15, 0.2) is 11.6 Å². The number of hydrogen-bond donors (Lipinski definition) is 0. The number of aryl methyl sites for hydroxylation is 2. The summed E-state index contributed by atoms with van der Waals surface area (Å²) in [4.78, 5) is 20.3. The molecule has 2 heterocycles. The highest BCUT2D eigenvalue weighted by Crippen LogP contribution is 2.26. The summed E-state index contributed by atoms with van der Waals surface area (Å²) in [5, 5.41) is 0. The van der Waals surface area contributed by atoms with E-state index in [1.807, 2.05) is 26.8 Å². The van der Waals surface area contributed by atoms with Crippen molar-refractivity contribution in [2.45, 2.75) is 27.2 Å². The standard InChI is InChI=1S/C11H12N2O/c1-6-4-7(2)12-11-10(6)9(14)5-8(3)13-11/h4H,5H2,1-3H3. The van der Waals surface area contributed by atoms with Gasteiger partial charge in [-0.1, -0.05) is 0 Å². The fourth-order valence-corrected chi connectivity index (χ4v) is 1.78. The molecule has 1 aromatic rings. The Balaban J connectivity index is 2.71. The van der Waals surface area contributed by atoms with Crippen LogP contribution < -0.4 is 0 Å². The molecule has 14 heavy (non-hydrogen) atoms. The molecule has 1 aliphatic rings. The first-order valence-corrected chi connectivity index (χ1v) is 4.63. The summed E-state index contributed by atoms with van der Waals surface area (Å²) in [5.41, 5.74) is 3.43. The average Bonchev–Trinajstić information content (AvgIpc) is 1.99. The van der Waals surface area contributed by atoms with Gasteiger partial charge in [0, 0.05) is 17.8 Å². The summed E-state index contributed by atoms with van der Waals surface area (Å²) in [5.74, 6) is 0.730. The number of rotatable bonds is 0. The number of Topliss-reactive ketones (excluding diaryl/α,β-unsaturated/α-hetero) is 1. The molecule has 3 heteroatoms. The maximum atomic E-state index is 11.7. The third-order valence-corrected chi connectivity index (χ3v) is 2.32. The quantitative estimate of drug-likeness (QED) is 0.627. The number of nitrogens with zero attached hydrogens (tertiary/aromatic N) is 2. The van der Waals surface area contributed by atoms with E-state index >= 15 is 0 Å². The Bertz CT molecular complexity index is 447. The first-order chi connectivity index (χ1) is 6.58. The van der Waals surface area contributed by atoms with Crippen molar-refractivity contribution in [2.24, 2.45) is 4.99 Å². The molecular formula is C11H12N2O. The Morgan fingerprint density at radius 1 is 1.29 bits per heavy atom. The van der Waals surface area contributed by atoms with Crippen LogP contribution in [0.3, 0.4) is 0 Å². The van der Waals surface area contributed by atoms with E-state index < -0.39 is 0 Å². The minimum absolute atomic E-state index is 0.137. The number of carbonyl (C=O) groups excluding carboxylic acids is 1. The molecular weight excluding hydrogens is 176 g/mol. The molecule has 0 amide bonds. The maximum absolute atomic E-state index is 11.7. The van der Waals surface area contributed by atoms with Crippen LogP contribution in [0, 0.1) is 13.8 Å². The van der Waals surface area contributed by atoms with E-state index in [9.17, 15) is 4.79 Å². The van der Waals surface area contributed by atoms with Crippen LogP contribution >= 0.6 is 0 Å². The molecule has 0 N–H and O–H groups in total. The zero-order valence-corrected chi connectivity index (χ0v) is 8.59. The first kappa shape index (κ1) is 9.06. The van der Waals surface area contributed by atoms with Gasteiger partial charge >= 0.3 is 0 Å². The number of hydrogen-bond acceptors (Lipinski definition) is 3. The fraction of sp³-hybridized carbons (Fsp3) is 0.364. The lowest BCUT2D eigenvalue weighted by atomic mass is 9.99. The molecule has 0 bridgehead atoms. The molecule has 72 valence electrons. The second-order valence-corrected chi connectivity index (χ2v) is 3.73. The van der Waals surface area contributed by atoms with Crippen LogP contribution in [0.25, 0.3) is 0 Å². The Morgan fingerprint density at radius 2 is 2.00 bits per heavy atom. The van der Waals surface area contributed by atoms with Gasteiger partial charge < -0.3 is 0 Å². The zero-order chi connectivity index (χ0) is 10.3. The van der Waals surface area contributed by atoms with Gasteiger partial charge in [0.25, 0.3) is 0 Å². The Kier molecular flexibility index (Phi) is 1.95. The molecule has 0 radical (unpaired) electrons. The molecule has 0 aliphatic carbocycles. The van der Waals surface area contributed by atoms with Crippen LogP contribution in [0.5, 0.6) is 0 Å². The molecule has 0 atom stereocenters. The van der Waals surface area contributed by atoms with Crippen molar-refractivity contribution in [1.82, 2.24) is 4.98 Å². The highest BCUT2D eigenvalue weighted by Gasteiger charge is 2.21. The van der Waals surface area contributed by atoms with Crippen molar-refractivity contribution in [3.05, 3.63) is 22.9 Å². The fourth-order valence-electron chi connectivity index (χ4n) is 1.78. The van der Waals surface area contributed by atoms with Crippen molar-refractivity contribution < 1.29 is 4.79 Å². The number of aliphatic imine (C=N–C) groups is 1. The van der Waals surface area contributed by atoms with Crippen molar-refractivity contribution in [2.75, 3.05) is 0 Å². The molecule has 1 aromatic heterocycles. The second-order valence-electron chi connectivity index (χ2n) is 3.73. The maximum Gasteiger partial charge on any atom is 0.172 e. The molecule has 0 spiro atoms. The third-order valence-electron chi connectivity index (χ3n) is 2.32. The molecule has 1 aliphatic heterocycles.